The minimum atomic E-state index is -0.0404. The number of rotatable bonds is 3. The third kappa shape index (κ3) is 2.39. The van der Waals surface area contributed by atoms with Crippen LogP contribution < -0.4 is 5.56 Å². The number of hydrogen-bond acceptors (Lipinski definition) is 4. The van der Waals surface area contributed by atoms with Crippen LogP contribution in [0.4, 0.5) is 0 Å². The molecule has 4 rings (SSSR count). The summed E-state index contributed by atoms with van der Waals surface area (Å²) in [5.74, 6) is 0.575. The Morgan fingerprint density at radius 3 is 2.67 bits per heavy atom. The third-order valence-corrected chi connectivity index (χ3v) is 4.57. The van der Waals surface area contributed by atoms with Crippen LogP contribution in [0.1, 0.15) is 11.1 Å². The second kappa shape index (κ2) is 5.79. The summed E-state index contributed by atoms with van der Waals surface area (Å²) in [7, 11) is 0. The summed E-state index contributed by atoms with van der Waals surface area (Å²) in [4.78, 5) is 17.6. The van der Waals surface area contributed by atoms with Gasteiger partial charge in [0.05, 0.1) is 17.4 Å². The van der Waals surface area contributed by atoms with Gasteiger partial charge in [0.2, 0.25) is 10.9 Å². The van der Waals surface area contributed by atoms with E-state index in [1.165, 1.54) is 11.8 Å². The molecule has 2 aromatic carbocycles. The lowest BCUT2D eigenvalue weighted by molar-refractivity contribution is 0.758. The number of aromatic nitrogens is 4. The number of thioether (sulfide) groups is 1. The van der Waals surface area contributed by atoms with Gasteiger partial charge < -0.3 is 0 Å². The monoisotopic (exact) mass is 336 g/mol. The van der Waals surface area contributed by atoms with Crippen molar-refractivity contribution in [2.24, 2.45) is 0 Å². The Balaban J connectivity index is 2.07. The van der Waals surface area contributed by atoms with E-state index in [-0.39, 0.29) is 5.56 Å². The molecule has 0 atom stereocenters. The minimum Gasteiger partial charge on any atom is -0.272 e. The van der Waals surface area contributed by atoms with E-state index in [1.54, 1.807) is 9.08 Å². The van der Waals surface area contributed by atoms with Crippen molar-refractivity contribution in [2.45, 2.75) is 18.6 Å². The smallest absolute Gasteiger partial charge is 0.263 e. The summed E-state index contributed by atoms with van der Waals surface area (Å²) < 4.78 is 3.47. The Labute approximate surface area is 143 Å². The first-order chi connectivity index (χ1) is 11.7. The van der Waals surface area contributed by atoms with Gasteiger partial charge in [0, 0.05) is 0 Å². The average molecular weight is 336 g/mol. The van der Waals surface area contributed by atoms with Gasteiger partial charge in [-0.1, -0.05) is 48.2 Å². The Morgan fingerprint density at radius 2 is 1.92 bits per heavy atom. The molecule has 0 amide bonds. The minimum absolute atomic E-state index is 0.0404. The zero-order valence-electron chi connectivity index (χ0n) is 13.4. The Kier molecular flexibility index (Phi) is 3.61. The molecule has 0 fully saturated rings. The van der Waals surface area contributed by atoms with Crippen LogP contribution in [0.2, 0.25) is 0 Å². The molecule has 2 aromatic heterocycles. The number of fused-ring (bicyclic) bond motifs is 3. The van der Waals surface area contributed by atoms with Crippen molar-refractivity contribution in [3.05, 3.63) is 70.0 Å². The van der Waals surface area contributed by atoms with Gasteiger partial charge >= 0.3 is 0 Å². The van der Waals surface area contributed by atoms with Gasteiger partial charge in [-0.25, -0.2) is 0 Å². The topological polar surface area (TPSA) is 52.2 Å². The van der Waals surface area contributed by atoms with Crippen LogP contribution >= 0.6 is 11.8 Å². The van der Waals surface area contributed by atoms with Gasteiger partial charge in [0.1, 0.15) is 0 Å². The van der Waals surface area contributed by atoms with E-state index in [9.17, 15) is 4.79 Å². The van der Waals surface area contributed by atoms with Crippen LogP contribution in [0.25, 0.3) is 16.7 Å². The Hall–Kier alpha value is -2.60. The van der Waals surface area contributed by atoms with E-state index in [1.807, 2.05) is 61.7 Å². The maximum atomic E-state index is 13.0. The molecule has 0 bridgehead atoms. The van der Waals surface area contributed by atoms with E-state index in [4.69, 9.17) is 0 Å². The molecule has 0 spiro atoms. The molecule has 5 nitrogen and oxygen atoms in total. The maximum absolute atomic E-state index is 13.0. The van der Waals surface area contributed by atoms with Crippen molar-refractivity contribution in [2.75, 3.05) is 6.26 Å². The van der Waals surface area contributed by atoms with E-state index in [0.29, 0.717) is 22.9 Å². The lowest BCUT2D eigenvalue weighted by atomic mass is 10.1. The van der Waals surface area contributed by atoms with Gasteiger partial charge in [-0.15, -0.1) is 5.10 Å². The van der Waals surface area contributed by atoms with Crippen molar-refractivity contribution in [3.63, 3.8) is 0 Å². The molecule has 120 valence electrons. The lowest BCUT2D eigenvalue weighted by Crippen LogP contribution is -2.24. The first kappa shape index (κ1) is 15.0. The van der Waals surface area contributed by atoms with Crippen LogP contribution in [0, 0.1) is 6.92 Å². The molecule has 0 saturated heterocycles. The highest BCUT2D eigenvalue weighted by atomic mass is 32.2. The molecule has 0 aliphatic heterocycles. The Bertz CT molecular complexity index is 1100. The van der Waals surface area contributed by atoms with E-state index in [0.717, 1.165) is 16.6 Å². The van der Waals surface area contributed by atoms with Gasteiger partial charge in [0.15, 0.2) is 0 Å². The van der Waals surface area contributed by atoms with Crippen molar-refractivity contribution < 1.29 is 0 Å². The summed E-state index contributed by atoms with van der Waals surface area (Å²) in [6, 6.07) is 15.7. The molecular formula is C18H16N4OS. The predicted octanol–water partition coefficient (Wildman–Crippen LogP) is 3.12. The van der Waals surface area contributed by atoms with Crippen molar-refractivity contribution in [1.29, 1.82) is 0 Å². The van der Waals surface area contributed by atoms with Crippen LogP contribution in [-0.2, 0) is 6.54 Å². The zero-order chi connectivity index (χ0) is 16.7. The van der Waals surface area contributed by atoms with Crippen LogP contribution in [-0.4, -0.2) is 25.4 Å². The average Bonchev–Trinajstić information content (AvgIpc) is 3.04. The molecule has 0 radical (unpaired) electrons. The highest BCUT2D eigenvalue weighted by Crippen LogP contribution is 2.18. The van der Waals surface area contributed by atoms with E-state index < -0.39 is 0 Å². The lowest BCUT2D eigenvalue weighted by Gasteiger charge is -2.10. The molecule has 0 N–H and O–H groups in total. The third-order valence-electron chi connectivity index (χ3n) is 4.04. The summed E-state index contributed by atoms with van der Waals surface area (Å²) in [6.45, 7) is 2.48. The molecule has 4 aromatic rings. The maximum Gasteiger partial charge on any atom is 0.263 e. The SMILES string of the molecule is CSc1nc2n(Cc3ccccc3)c(=O)c3ccc(C)cc3n2n1. The fourth-order valence-corrected chi connectivity index (χ4v) is 3.19. The van der Waals surface area contributed by atoms with Gasteiger partial charge in [-0.05, 0) is 36.4 Å². The standard InChI is InChI=1S/C18H16N4OS/c1-12-8-9-14-15(10-12)22-18(19-17(20-22)24-2)21(16(14)23)11-13-6-4-3-5-7-13/h3-10H,11H2,1-2H3. The van der Waals surface area contributed by atoms with Gasteiger partial charge in [-0.3, -0.25) is 9.36 Å². The molecule has 0 aliphatic carbocycles. The molecule has 2 heterocycles. The van der Waals surface area contributed by atoms with Crippen LogP contribution in [0.5, 0.6) is 0 Å². The van der Waals surface area contributed by atoms with E-state index in [2.05, 4.69) is 10.1 Å². The number of hydrogen-bond donors (Lipinski definition) is 0. The summed E-state index contributed by atoms with van der Waals surface area (Å²) in [5.41, 5.74) is 2.90. The van der Waals surface area contributed by atoms with Crippen LogP contribution in [0.3, 0.4) is 0 Å². The fraction of sp³-hybridized carbons (Fsp3) is 0.167. The van der Waals surface area contributed by atoms with Crippen molar-refractivity contribution >= 4 is 28.4 Å². The first-order valence-electron chi connectivity index (χ1n) is 7.65. The first-order valence-corrected chi connectivity index (χ1v) is 8.87. The van der Waals surface area contributed by atoms with Crippen molar-refractivity contribution in [3.8, 4) is 0 Å². The number of benzene rings is 2. The van der Waals surface area contributed by atoms with Gasteiger partial charge in [-0.2, -0.15) is 9.50 Å². The molecular weight excluding hydrogens is 320 g/mol. The second-order valence-electron chi connectivity index (χ2n) is 5.71. The largest absolute Gasteiger partial charge is 0.272 e. The molecule has 6 heteroatoms. The predicted molar refractivity (Wildman–Crippen MR) is 96.8 cm³/mol. The quantitative estimate of drug-likeness (QED) is 0.539. The molecule has 0 aliphatic rings. The Morgan fingerprint density at radius 1 is 1.12 bits per heavy atom. The second-order valence-corrected chi connectivity index (χ2v) is 6.48. The number of nitrogens with zero attached hydrogens (tertiary/aromatic N) is 4. The highest BCUT2D eigenvalue weighted by Gasteiger charge is 2.15. The van der Waals surface area contributed by atoms with Crippen LogP contribution in [0.15, 0.2) is 58.5 Å². The fourth-order valence-electron chi connectivity index (χ4n) is 2.85. The normalized spacial score (nSPS) is 11.4. The summed E-state index contributed by atoms with van der Waals surface area (Å²) in [6.07, 6.45) is 1.93. The number of aryl methyl sites for hydroxylation is 1. The zero-order valence-corrected chi connectivity index (χ0v) is 14.2. The summed E-state index contributed by atoms with van der Waals surface area (Å²) >= 11 is 1.47. The van der Waals surface area contributed by atoms with E-state index >= 15 is 0 Å². The molecule has 0 saturated carbocycles. The van der Waals surface area contributed by atoms with Crippen molar-refractivity contribution in [1.82, 2.24) is 19.2 Å². The van der Waals surface area contributed by atoms with Gasteiger partial charge in [0.25, 0.3) is 5.56 Å². The molecule has 24 heavy (non-hydrogen) atoms. The highest BCUT2D eigenvalue weighted by molar-refractivity contribution is 7.98. The molecule has 0 unspecified atom stereocenters. The summed E-state index contributed by atoms with van der Waals surface area (Å²) in [5, 5.41) is 5.86.